The van der Waals surface area contributed by atoms with Crippen LogP contribution >= 0.6 is 0 Å². The molecule has 0 radical (unpaired) electrons. The molecule has 212 valence electrons. The third-order valence-corrected chi connectivity index (χ3v) is 8.18. The van der Waals surface area contributed by atoms with Crippen LogP contribution < -0.4 is 0 Å². The number of carbonyl (C=O) groups is 3. The molecule has 39 heavy (non-hydrogen) atoms. The predicted molar refractivity (Wildman–Crippen MR) is 145 cm³/mol. The molecule has 0 bridgehead atoms. The van der Waals surface area contributed by atoms with E-state index in [1.54, 1.807) is 6.07 Å². The Morgan fingerprint density at radius 3 is 2.49 bits per heavy atom. The Bertz CT molecular complexity index is 1180. The van der Waals surface area contributed by atoms with Crippen LogP contribution in [0.25, 0.3) is 11.3 Å². The van der Waals surface area contributed by atoms with Gasteiger partial charge in [-0.05, 0) is 74.9 Å². The Labute approximate surface area is 229 Å². The van der Waals surface area contributed by atoms with Crippen LogP contribution in [-0.4, -0.2) is 88.9 Å². The lowest BCUT2D eigenvalue weighted by Crippen LogP contribution is -2.43. The van der Waals surface area contributed by atoms with E-state index in [9.17, 15) is 29.7 Å². The van der Waals surface area contributed by atoms with Crippen molar-refractivity contribution < 1.29 is 34.1 Å². The lowest BCUT2D eigenvalue weighted by molar-refractivity contribution is -0.131. The number of likely N-dealkylation sites (N-methyl/N-ethyl adjacent to an activating group) is 1. The third-order valence-electron chi connectivity index (χ3n) is 8.18. The average Bonchev–Trinajstić information content (AvgIpc) is 3.33. The number of ketones is 3. The monoisotopic (exact) mass is 540 g/mol. The molecule has 2 aromatic rings. The number of furan rings is 1. The molecule has 0 spiro atoms. The highest BCUT2D eigenvalue weighted by Gasteiger charge is 2.35. The maximum Gasteiger partial charge on any atom is 0.167 e. The number of rotatable bonds is 12. The highest BCUT2D eigenvalue weighted by atomic mass is 16.3. The Hall–Kier alpha value is -2.85. The van der Waals surface area contributed by atoms with Gasteiger partial charge in [0.25, 0.3) is 0 Å². The van der Waals surface area contributed by atoms with E-state index in [0.29, 0.717) is 30.7 Å². The zero-order valence-electron chi connectivity index (χ0n) is 22.9. The van der Waals surface area contributed by atoms with Gasteiger partial charge in [0.2, 0.25) is 0 Å². The Morgan fingerprint density at radius 1 is 1.08 bits per heavy atom. The average molecular weight is 541 g/mol. The minimum Gasteiger partial charge on any atom is -0.507 e. The molecule has 3 unspecified atom stereocenters. The predicted octanol–water partition coefficient (Wildman–Crippen LogP) is 2.69. The van der Waals surface area contributed by atoms with Crippen LogP contribution in [-0.2, 0) is 22.6 Å². The summed E-state index contributed by atoms with van der Waals surface area (Å²) in [6.45, 7) is 5.42. The van der Waals surface area contributed by atoms with Crippen molar-refractivity contribution in [1.82, 2.24) is 9.80 Å². The highest BCUT2D eigenvalue weighted by molar-refractivity contribution is 6.03. The van der Waals surface area contributed by atoms with Crippen LogP contribution in [0.3, 0.4) is 0 Å². The summed E-state index contributed by atoms with van der Waals surface area (Å²) < 4.78 is 6.23. The number of carbonyl (C=O) groups excluding carboxylic acids is 3. The molecule has 4 rings (SSSR count). The van der Waals surface area contributed by atoms with Gasteiger partial charge in [-0.15, -0.1) is 0 Å². The van der Waals surface area contributed by atoms with Gasteiger partial charge >= 0.3 is 0 Å². The first-order chi connectivity index (χ1) is 18.7. The molecule has 1 aromatic heterocycles. The number of hydrogen-bond donors (Lipinski definition) is 3. The maximum atomic E-state index is 13.2. The van der Waals surface area contributed by atoms with Crippen LogP contribution in [0.2, 0.25) is 0 Å². The van der Waals surface area contributed by atoms with E-state index in [-0.39, 0.29) is 60.8 Å². The molecule has 3 atom stereocenters. The fourth-order valence-electron chi connectivity index (χ4n) is 6.08. The molecule has 1 aromatic carbocycles. The van der Waals surface area contributed by atoms with E-state index >= 15 is 0 Å². The Morgan fingerprint density at radius 2 is 1.82 bits per heavy atom. The molecule has 1 saturated heterocycles. The Kier molecular flexibility index (Phi) is 9.71. The summed E-state index contributed by atoms with van der Waals surface area (Å²) in [6.07, 6.45) is 1.14. The highest BCUT2D eigenvalue weighted by Crippen LogP contribution is 2.41. The molecule has 1 fully saturated rings. The first-order valence-corrected chi connectivity index (χ1v) is 13.8. The van der Waals surface area contributed by atoms with Gasteiger partial charge in [-0.3, -0.25) is 19.3 Å². The molecule has 2 heterocycles. The van der Waals surface area contributed by atoms with Crippen molar-refractivity contribution in [3.8, 4) is 17.1 Å². The van der Waals surface area contributed by atoms with Crippen LogP contribution in [0.15, 0.2) is 28.7 Å². The summed E-state index contributed by atoms with van der Waals surface area (Å²) in [5.41, 5.74) is 1.79. The number of benzene rings is 1. The molecule has 9 heteroatoms. The molecule has 2 aliphatic rings. The first kappa shape index (κ1) is 29.1. The minimum atomic E-state index is -0.775. The fraction of sp³-hybridized carbons (Fsp3) is 0.567. The molecular formula is C30H40N2O7. The molecule has 9 nitrogen and oxygen atoms in total. The summed E-state index contributed by atoms with van der Waals surface area (Å²) in [5, 5.41) is 30.2. The van der Waals surface area contributed by atoms with Crippen molar-refractivity contribution >= 4 is 17.3 Å². The second kappa shape index (κ2) is 13.0. The largest absolute Gasteiger partial charge is 0.507 e. The molecular weight excluding hydrogens is 500 g/mol. The SMILES string of the molecule is CC(=O)CC(=O)C(CO)C(CCO)CC1CC(=O)c2c(O)ccc(-c3ccc(CN4CCN(C)CC4)o3)c2C1. The van der Waals surface area contributed by atoms with Crippen molar-refractivity contribution in [2.24, 2.45) is 17.8 Å². The number of hydrogen-bond acceptors (Lipinski definition) is 9. The van der Waals surface area contributed by atoms with E-state index in [0.717, 1.165) is 43.1 Å². The van der Waals surface area contributed by atoms with E-state index < -0.39 is 12.5 Å². The summed E-state index contributed by atoms with van der Waals surface area (Å²) in [5.74, 6) is -0.661. The number of aliphatic hydroxyl groups excluding tert-OH is 2. The zero-order chi connectivity index (χ0) is 28.1. The molecule has 1 aliphatic carbocycles. The number of phenolic OH excluding ortho intramolecular Hbond substituents is 1. The van der Waals surface area contributed by atoms with Gasteiger partial charge in [0, 0.05) is 50.7 Å². The van der Waals surface area contributed by atoms with E-state index in [1.807, 2.05) is 12.1 Å². The van der Waals surface area contributed by atoms with Crippen LogP contribution in [0.4, 0.5) is 0 Å². The van der Waals surface area contributed by atoms with Crippen LogP contribution in [0, 0.1) is 17.8 Å². The van der Waals surface area contributed by atoms with E-state index in [2.05, 4.69) is 16.8 Å². The van der Waals surface area contributed by atoms with Crippen molar-refractivity contribution in [3.05, 3.63) is 41.2 Å². The summed E-state index contributed by atoms with van der Waals surface area (Å²) in [4.78, 5) is 42.1. The third kappa shape index (κ3) is 7.03. The second-order valence-electron chi connectivity index (χ2n) is 11.2. The second-order valence-corrected chi connectivity index (χ2v) is 11.2. The van der Waals surface area contributed by atoms with Gasteiger partial charge in [0.15, 0.2) is 5.78 Å². The van der Waals surface area contributed by atoms with Crippen molar-refractivity contribution in [2.45, 2.75) is 45.6 Å². The van der Waals surface area contributed by atoms with Crippen LogP contribution in [0.5, 0.6) is 5.75 Å². The van der Waals surface area contributed by atoms with Gasteiger partial charge in [-0.25, -0.2) is 0 Å². The van der Waals surface area contributed by atoms with E-state index in [4.69, 9.17) is 4.42 Å². The topological polar surface area (TPSA) is 132 Å². The smallest absolute Gasteiger partial charge is 0.167 e. The van der Waals surface area contributed by atoms with Crippen LogP contribution in [0.1, 0.15) is 54.3 Å². The van der Waals surface area contributed by atoms with Crippen molar-refractivity contribution in [2.75, 3.05) is 46.4 Å². The summed E-state index contributed by atoms with van der Waals surface area (Å²) in [7, 11) is 2.12. The maximum absolute atomic E-state index is 13.2. The molecule has 0 saturated carbocycles. The normalized spacial score (nSPS) is 20.0. The summed E-state index contributed by atoms with van der Waals surface area (Å²) >= 11 is 0. The first-order valence-electron chi connectivity index (χ1n) is 13.8. The lowest BCUT2D eigenvalue weighted by atomic mass is 9.72. The number of phenols is 1. The number of fused-ring (bicyclic) bond motifs is 1. The standard InChI is InChI=1S/C30H40N2O7/c1-19(35)13-27(37)25(18-34)21(7-12-33)14-20-15-24-23(4-5-26(36)30(24)28(38)16-20)29-6-3-22(39-29)17-32-10-8-31(2)9-11-32/h3-6,20-21,25,33-34,36H,7-18H2,1-2H3. The minimum absolute atomic E-state index is 0.0572. The molecule has 3 N–H and O–H groups in total. The van der Waals surface area contributed by atoms with E-state index in [1.165, 1.54) is 13.0 Å². The van der Waals surface area contributed by atoms with Crippen molar-refractivity contribution in [1.29, 1.82) is 0 Å². The lowest BCUT2D eigenvalue weighted by Gasteiger charge is -2.31. The number of piperazine rings is 1. The van der Waals surface area contributed by atoms with Gasteiger partial charge < -0.3 is 24.6 Å². The quantitative estimate of drug-likeness (QED) is 0.348. The van der Waals surface area contributed by atoms with Gasteiger partial charge in [-0.1, -0.05) is 0 Å². The molecule has 1 aliphatic heterocycles. The van der Waals surface area contributed by atoms with Gasteiger partial charge in [-0.2, -0.15) is 0 Å². The van der Waals surface area contributed by atoms with Crippen molar-refractivity contribution in [3.63, 3.8) is 0 Å². The molecule has 0 amide bonds. The number of aliphatic hydroxyl groups is 2. The number of aromatic hydroxyl groups is 1. The summed E-state index contributed by atoms with van der Waals surface area (Å²) in [6, 6.07) is 7.17. The van der Waals surface area contributed by atoms with Gasteiger partial charge in [0.1, 0.15) is 28.8 Å². The number of nitrogens with zero attached hydrogens (tertiary/aromatic N) is 2. The fourth-order valence-corrected chi connectivity index (χ4v) is 6.08. The number of Topliss-reactive ketones (excluding diaryl/α,β-unsaturated/α-hetero) is 3. The Balaban J connectivity index is 1.55. The van der Waals surface area contributed by atoms with Gasteiger partial charge in [0.05, 0.1) is 25.1 Å². The zero-order valence-corrected chi connectivity index (χ0v) is 22.9.